The molecule has 1 amide bonds. The normalized spacial score (nSPS) is 12.6. The number of hydrogen-bond acceptors (Lipinski definition) is 7. The van der Waals surface area contributed by atoms with Gasteiger partial charge in [-0.2, -0.15) is 0 Å². The molecule has 12 heteroatoms. The lowest BCUT2D eigenvalue weighted by molar-refractivity contribution is -0.117. The average molecular weight is 488 g/mol. The molecular formula is C22H18F2N4O5S. The Bertz CT molecular complexity index is 1410. The summed E-state index contributed by atoms with van der Waals surface area (Å²) in [6.45, 7) is -0.222. The van der Waals surface area contributed by atoms with E-state index in [0.717, 1.165) is 34.0 Å². The van der Waals surface area contributed by atoms with Crippen molar-refractivity contribution in [3.8, 4) is 11.6 Å². The highest BCUT2D eigenvalue weighted by molar-refractivity contribution is 7.99. The minimum atomic E-state index is -1.21. The molecule has 0 spiro atoms. The van der Waals surface area contributed by atoms with Crippen molar-refractivity contribution >= 4 is 23.7 Å². The molecule has 0 atom stereocenters. The molecule has 3 aromatic rings. The first-order valence-electron chi connectivity index (χ1n) is 9.91. The third-order valence-electron chi connectivity index (χ3n) is 5.05. The topological polar surface area (TPSA) is 126 Å². The minimum Gasteiger partial charge on any atom is -0.503 e. The van der Waals surface area contributed by atoms with Crippen molar-refractivity contribution < 1.29 is 23.4 Å². The third kappa shape index (κ3) is 4.71. The van der Waals surface area contributed by atoms with Gasteiger partial charge in [-0.3, -0.25) is 14.2 Å². The van der Waals surface area contributed by atoms with Crippen molar-refractivity contribution in [3.63, 3.8) is 0 Å². The van der Waals surface area contributed by atoms with Gasteiger partial charge in [-0.1, -0.05) is 0 Å². The Balaban J connectivity index is 1.59. The van der Waals surface area contributed by atoms with Crippen LogP contribution >= 0.6 is 11.8 Å². The number of phenols is 1. The lowest BCUT2D eigenvalue weighted by Gasteiger charge is -2.17. The van der Waals surface area contributed by atoms with E-state index in [1.807, 2.05) is 0 Å². The van der Waals surface area contributed by atoms with Crippen LogP contribution < -0.4 is 21.3 Å². The number of ether oxygens (including phenoxy) is 1. The summed E-state index contributed by atoms with van der Waals surface area (Å²) in [5.41, 5.74) is -0.340. The zero-order valence-corrected chi connectivity index (χ0v) is 18.5. The molecule has 34 heavy (non-hydrogen) atoms. The van der Waals surface area contributed by atoms with Crippen molar-refractivity contribution in [2.24, 2.45) is 0 Å². The van der Waals surface area contributed by atoms with Crippen LogP contribution in [0.15, 0.2) is 50.7 Å². The van der Waals surface area contributed by atoms with Crippen LogP contribution in [0.1, 0.15) is 16.7 Å². The van der Waals surface area contributed by atoms with Crippen LogP contribution in [0.2, 0.25) is 0 Å². The Labute approximate surface area is 195 Å². The predicted molar refractivity (Wildman–Crippen MR) is 120 cm³/mol. The van der Waals surface area contributed by atoms with Crippen LogP contribution in [-0.2, 0) is 17.9 Å². The number of nitrogens with one attached hydrogen (secondary N) is 2. The molecule has 0 bridgehead atoms. The van der Waals surface area contributed by atoms with Gasteiger partial charge in [-0.15, -0.1) is 11.8 Å². The molecule has 0 aliphatic carbocycles. The number of pyridine rings is 1. The highest BCUT2D eigenvalue weighted by Gasteiger charge is 2.22. The van der Waals surface area contributed by atoms with Crippen LogP contribution in [0, 0.1) is 11.6 Å². The number of thioether (sulfide) groups is 1. The van der Waals surface area contributed by atoms with Gasteiger partial charge < -0.3 is 20.1 Å². The molecule has 2 aromatic heterocycles. The first kappa shape index (κ1) is 23.2. The summed E-state index contributed by atoms with van der Waals surface area (Å²) in [7, 11) is 1.48. The van der Waals surface area contributed by atoms with E-state index in [-0.39, 0.29) is 23.4 Å². The molecule has 4 rings (SSSR count). The van der Waals surface area contributed by atoms with Gasteiger partial charge in [0.15, 0.2) is 17.4 Å². The Morgan fingerprint density at radius 3 is 2.71 bits per heavy atom. The second-order valence-electron chi connectivity index (χ2n) is 7.32. The fraction of sp³-hybridized carbons (Fsp3) is 0.182. The highest BCUT2D eigenvalue weighted by Crippen LogP contribution is 2.27. The molecular weight excluding hydrogens is 470 g/mol. The summed E-state index contributed by atoms with van der Waals surface area (Å²) in [5, 5.41) is 12.3. The van der Waals surface area contributed by atoms with Gasteiger partial charge in [-0.25, -0.2) is 18.6 Å². The first-order chi connectivity index (χ1) is 16.3. The van der Waals surface area contributed by atoms with Crippen LogP contribution in [0.4, 0.5) is 8.78 Å². The van der Waals surface area contributed by atoms with Crippen LogP contribution in [0.5, 0.6) is 11.6 Å². The molecule has 0 radical (unpaired) electrons. The van der Waals surface area contributed by atoms with E-state index < -0.39 is 41.1 Å². The molecule has 3 heterocycles. The average Bonchev–Trinajstić information content (AvgIpc) is 2.83. The third-order valence-corrected chi connectivity index (χ3v) is 6.11. The standard InChI is InChI=1S/C22H18F2N4O5S/c1-33-17-6-11(2-3-25-17)8-26-19(30)13-7-14-20(34-10-13)27-22(32)28(21(14)31)9-12-4-15(23)18(29)16(24)5-12/h2-7,29H,8-10H2,1H3,(H,26,30)(H,27,32). The van der Waals surface area contributed by atoms with E-state index in [1.165, 1.54) is 13.2 Å². The van der Waals surface area contributed by atoms with Crippen LogP contribution in [-0.4, -0.2) is 38.4 Å². The number of carbonyl (C=O) groups is 1. The molecule has 0 unspecified atom stereocenters. The molecule has 176 valence electrons. The molecule has 1 aliphatic rings. The largest absolute Gasteiger partial charge is 0.503 e. The van der Waals surface area contributed by atoms with Gasteiger partial charge in [0.25, 0.3) is 5.56 Å². The zero-order valence-electron chi connectivity index (χ0n) is 17.7. The number of aromatic amines is 1. The van der Waals surface area contributed by atoms with Crippen molar-refractivity contribution in [3.05, 3.63) is 85.2 Å². The molecule has 0 saturated carbocycles. The number of amides is 1. The Morgan fingerprint density at radius 1 is 1.26 bits per heavy atom. The van der Waals surface area contributed by atoms with Crippen LogP contribution in [0.25, 0.3) is 6.08 Å². The second kappa shape index (κ2) is 9.51. The maximum atomic E-state index is 13.7. The molecule has 0 fully saturated rings. The van der Waals surface area contributed by atoms with Gasteiger partial charge in [0.1, 0.15) is 0 Å². The summed E-state index contributed by atoms with van der Waals surface area (Å²) in [5.74, 6) is -3.32. The van der Waals surface area contributed by atoms with E-state index in [4.69, 9.17) is 4.74 Å². The van der Waals surface area contributed by atoms with E-state index in [2.05, 4.69) is 15.3 Å². The quantitative estimate of drug-likeness (QED) is 0.452. The summed E-state index contributed by atoms with van der Waals surface area (Å²) < 4.78 is 33.2. The summed E-state index contributed by atoms with van der Waals surface area (Å²) >= 11 is 1.12. The van der Waals surface area contributed by atoms with Gasteiger partial charge >= 0.3 is 5.69 Å². The van der Waals surface area contributed by atoms with Gasteiger partial charge in [0.05, 0.1) is 24.2 Å². The Hall–Kier alpha value is -3.93. The number of nitrogens with zero attached hydrogens (tertiary/aromatic N) is 2. The SMILES string of the molecule is COc1cc(CNC(=O)C2=Cc3c([nH]c(=O)n(Cc4cc(F)c(O)c(F)c4)c3=O)SC2)ccn1. The number of H-pyrrole nitrogens is 1. The lowest BCUT2D eigenvalue weighted by atomic mass is 10.1. The number of methoxy groups -OCH3 is 1. The molecule has 0 saturated heterocycles. The summed E-state index contributed by atoms with van der Waals surface area (Å²) in [6, 6.07) is 5.07. The number of halogens is 2. The summed E-state index contributed by atoms with van der Waals surface area (Å²) in [6.07, 6.45) is 2.94. The Kier molecular flexibility index (Phi) is 6.50. The lowest BCUT2D eigenvalue weighted by Crippen LogP contribution is -2.38. The van der Waals surface area contributed by atoms with E-state index >= 15 is 0 Å². The fourth-order valence-corrected chi connectivity index (χ4v) is 4.28. The number of rotatable bonds is 6. The fourth-order valence-electron chi connectivity index (χ4n) is 3.31. The number of fused-ring (bicyclic) bond motifs is 1. The van der Waals surface area contributed by atoms with Crippen molar-refractivity contribution in [2.75, 3.05) is 12.9 Å². The number of benzene rings is 1. The van der Waals surface area contributed by atoms with Crippen molar-refractivity contribution in [1.82, 2.24) is 19.9 Å². The minimum absolute atomic E-state index is 0.0291. The smallest absolute Gasteiger partial charge is 0.329 e. The monoisotopic (exact) mass is 488 g/mol. The first-order valence-corrected chi connectivity index (χ1v) is 10.9. The highest BCUT2D eigenvalue weighted by atomic mass is 32.2. The number of carbonyl (C=O) groups excluding carboxylic acids is 1. The zero-order chi connectivity index (χ0) is 24.4. The molecule has 1 aliphatic heterocycles. The number of aromatic hydroxyl groups is 1. The van der Waals surface area contributed by atoms with E-state index in [9.17, 15) is 28.3 Å². The Morgan fingerprint density at radius 2 is 2.00 bits per heavy atom. The number of hydrogen-bond donors (Lipinski definition) is 3. The second-order valence-corrected chi connectivity index (χ2v) is 8.31. The van der Waals surface area contributed by atoms with Crippen molar-refractivity contribution in [1.29, 1.82) is 0 Å². The summed E-state index contributed by atoms with van der Waals surface area (Å²) in [4.78, 5) is 44.6. The maximum absolute atomic E-state index is 13.7. The van der Waals surface area contributed by atoms with E-state index in [0.29, 0.717) is 16.5 Å². The predicted octanol–water partition coefficient (Wildman–Crippen LogP) is 1.78. The van der Waals surface area contributed by atoms with Gasteiger partial charge in [0.2, 0.25) is 11.8 Å². The van der Waals surface area contributed by atoms with E-state index in [1.54, 1.807) is 18.3 Å². The molecule has 3 N–H and O–H groups in total. The van der Waals surface area contributed by atoms with Crippen molar-refractivity contribution in [2.45, 2.75) is 18.1 Å². The van der Waals surface area contributed by atoms with Gasteiger partial charge in [0, 0.05) is 30.1 Å². The molecule has 9 nitrogen and oxygen atoms in total. The molecule has 1 aromatic carbocycles. The number of aromatic nitrogens is 3. The maximum Gasteiger partial charge on any atom is 0.329 e. The number of phenolic OH excluding ortho intramolecular Hbond substituents is 1. The van der Waals surface area contributed by atoms with Crippen LogP contribution in [0.3, 0.4) is 0 Å². The van der Waals surface area contributed by atoms with Gasteiger partial charge in [-0.05, 0) is 35.4 Å².